The number of carbonyl (C=O) groups excluding carboxylic acids is 1. The number of rotatable bonds is 2. The van der Waals surface area contributed by atoms with Crippen LogP contribution in [0.1, 0.15) is 32.3 Å². The quantitative estimate of drug-likeness (QED) is 0.819. The number of halogens is 1. The van der Waals surface area contributed by atoms with E-state index in [1.807, 2.05) is 18.2 Å². The molecular weight excluding hydrogens is 245 g/mol. The second kappa shape index (κ2) is 5.59. The van der Waals surface area contributed by atoms with Gasteiger partial charge >= 0.3 is 6.09 Å². The van der Waals surface area contributed by atoms with Crippen LogP contribution in [-0.4, -0.2) is 30.2 Å². The van der Waals surface area contributed by atoms with Crippen LogP contribution in [0.15, 0.2) is 30.3 Å². The summed E-state index contributed by atoms with van der Waals surface area (Å²) < 4.78 is 20.1. The van der Waals surface area contributed by atoms with Crippen LogP contribution in [0.2, 0.25) is 0 Å². The average molecular weight is 265 g/mol. The molecule has 1 fully saturated rings. The van der Waals surface area contributed by atoms with Crippen LogP contribution in [0.4, 0.5) is 9.18 Å². The molecule has 2 rings (SSSR count). The van der Waals surface area contributed by atoms with E-state index < -0.39 is 11.8 Å². The predicted molar refractivity (Wildman–Crippen MR) is 71.7 cm³/mol. The van der Waals surface area contributed by atoms with E-state index in [4.69, 9.17) is 4.74 Å². The predicted octanol–water partition coefficient (Wildman–Crippen LogP) is 3.49. The van der Waals surface area contributed by atoms with Gasteiger partial charge in [-0.1, -0.05) is 30.3 Å². The third-order valence-corrected chi connectivity index (χ3v) is 3.33. The maximum atomic E-state index is 15.0. The molecule has 0 aliphatic carbocycles. The minimum Gasteiger partial charge on any atom is -0.447 e. The van der Waals surface area contributed by atoms with Gasteiger partial charge in [0.15, 0.2) is 5.67 Å². The van der Waals surface area contributed by atoms with Crippen molar-refractivity contribution in [1.29, 1.82) is 0 Å². The van der Waals surface area contributed by atoms with Crippen LogP contribution in [0, 0.1) is 0 Å². The van der Waals surface area contributed by atoms with E-state index in [1.165, 1.54) is 4.90 Å². The number of ether oxygens (including phenoxy) is 1. The van der Waals surface area contributed by atoms with Crippen LogP contribution in [-0.2, 0) is 10.4 Å². The second-order valence-corrected chi connectivity index (χ2v) is 5.29. The van der Waals surface area contributed by atoms with Gasteiger partial charge in [0, 0.05) is 6.54 Å². The van der Waals surface area contributed by atoms with Gasteiger partial charge in [0.25, 0.3) is 0 Å². The largest absolute Gasteiger partial charge is 0.447 e. The minimum absolute atomic E-state index is 0.0720. The van der Waals surface area contributed by atoms with Crippen molar-refractivity contribution in [1.82, 2.24) is 4.90 Å². The Morgan fingerprint density at radius 2 is 2.05 bits per heavy atom. The first-order valence-corrected chi connectivity index (χ1v) is 6.71. The van der Waals surface area contributed by atoms with E-state index in [0.717, 1.165) is 0 Å². The number of hydrogen-bond acceptors (Lipinski definition) is 2. The highest BCUT2D eigenvalue weighted by molar-refractivity contribution is 5.68. The topological polar surface area (TPSA) is 29.5 Å². The number of piperidine rings is 1. The summed E-state index contributed by atoms with van der Waals surface area (Å²) in [5.41, 5.74) is -0.827. The molecule has 1 atom stereocenters. The van der Waals surface area contributed by atoms with Gasteiger partial charge in [-0.2, -0.15) is 0 Å². The second-order valence-electron chi connectivity index (χ2n) is 5.29. The lowest BCUT2D eigenvalue weighted by Gasteiger charge is -2.37. The highest BCUT2D eigenvalue weighted by Crippen LogP contribution is 2.35. The maximum absolute atomic E-state index is 15.0. The lowest BCUT2D eigenvalue weighted by Crippen LogP contribution is -2.47. The van der Waals surface area contributed by atoms with Crippen molar-refractivity contribution >= 4 is 6.09 Å². The first-order valence-electron chi connectivity index (χ1n) is 6.71. The smallest absolute Gasteiger partial charge is 0.410 e. The van der Waals surface area contributed by atoms with Crippen molar-refractivity contribution in [2.24, 2.45) is 0 Å². The highest BCUT2D eigenvalue weighted by Gasteiger charge is 2.39. The Hall–Kier alpha value is -1.58. The monoisotopic (exact) mass is 265 g/mol. The molecule has 19 heavy (non-hydrogen) atoms. The van der Waals surface area contributed by atoms with Gasteiger partial charge in [0.05, 0.1) is 12.6 Å². The molecule has 3 nitrogen and oxygen atoms in total. The van der Waals surface area contributed by atoms with Crippen LogP contribution in [0.25, 0.3) is 0 Å². The van der Waals surface area contributed by atoms with E-state index in [0.29, 0.717) is 24.9 Å². The molecular formula is C15H20FNO2. The zero-order valence-corrected chi connectivity index (χ0v) is 11.4. The molecule has 1 aliphatic heterocycles. The SMILES string of the molecule is CC(C)OC(=O)N1CCCC(F)(c2ccccc2)C1. The van der Waals surface area contributed by atoms with Crippen molar-refractivity contribution in [2.45, 2.75) is 38.5 Å². The van der Waals surface area contributed by atoms with Crippen molar-refractivity contribution < 1.29 is 13.9 Å². The van der Waals surface area contributed by atoms with E-state index in [9.17, 15) is 4.79 Å². The summed E-state index contributed by atoms with van der Waals surface area (Å²) in [5, 5.41) is 0. The first kappa shape index (κ1) is 13.8. The van der Waals surface area contributed by atoms with E-state index in [-0.39, 0.29) is 12.6 Å². The molecule has 0 saturated carbocycles. The number of alkyl halides is 1. The summed E-state index contributed by atoms with van der Waals surface area (Å²) in [6, 6.07) is 9.05. The Bertz CT molecular complexity index is 435. The summed E-state index contributed by atoms with van der Waals surface area (Å²) >= 11 is 0. The third kappa shape index (κ3) is 3.25. The van der Waals surface area contributed by atoms with Gasteiger partial charge in [-0.3, -0.25) is 0 Å². The molecule has 1 aromatic rings. The van der Waals surface area contributed by atoms with Crippen molar-refractivity contribution in [3.63, 3.8) is 0 Å². The molecule has 1 aromatic carbocycles. The molecule has 0 bridgehead atoms. The van der Waals surface area contributed by atoms with E-state index >= 15 is 4.39 Å². The lowest BCUT2D eigenvalue weighted by molar-refractivity contribution is 0.0197. The Morgan fingerprint density at radius 1 is 1.37 bits per heavy atom. The molecule has 1 unspecified atom stereocenters. The fourth-order valence-corrected chi connectivity index (χ4v) is 2.42. The number of likely N-dealkylation sites (tertiary alicyclic amines) is 1. The molecule has 4 heteroatoms. The zero-order chi connectivity index (χ0) is 13.9. The van der Waals surface area contributed by atoms with Crippen LogP contribution < -0.4 is 0 Å². The summed E-state index contributed by atoms with van der Waals surface area (Å²) in [6.07, 6.45) is 0.494. The Kier molecular flexibility index (Phi) is 4.08. The van der Waals surface area contributed by atoms with Gasteiger partial charge in [-0.05, 0) is 32.3 Å². The van der Waals surface area contributed by atoms with Crippen LogP contribution >= 0.6 is 0 Å². The highest BCUT2D eigenvalue weighted by atomic mass is 19.1. The summed E-state index contributed by atoms with van der Waals surface area (Å²) in [5.74, 6) is 0. The van der Waals surface area contributed by atoms with Crippen LogP contribution in [0.5, 0.6) is 0 Å². The lowest BCUT2D eigenvalue weighted by atomic mass is 9.87. The molecule has 1 amide bonds. The van der Waals surface area contributed by atoms with Crippen molar-refractivity contribution in [2.75, 3.05) is 13.1 Å². The molecule has 104 valence electrons. The van der Waals surface area contributed by atoms with Gasteiger partial charge in [0.1, 0.15) is 0 Å². The fraction of sp³-hybridized carbons (Fsp3) is 0.533. The van der Waals surface area contributed by atoms with Crippen molar-refractivity contribution in [3.05, 3.63) is 35.9 Å². The number of hydrogen-bond donors (Lipinski definition) is 0. The van der Waals surface area contributed by atoms with Crippen molar-refractivity contribution in [3.8, 4) is 0 Å². The van der Waals surface area contributed by atoms with Gasteiger partial charge in [-0.15, -0.1) is 0 Å². The van der Waals surface area contributed by atoms with Crippen LogP contribution in [0.3, 0.4) is 0 Å². The summed E-state index contributed by atoms with van der Waals surface area (Å²) in [7, 11) is 0. The average Bonchev–Trinajstić information content (AvgIpc) is 2.39. The number of amides is 1. The number of nitrogens with zero attached hydrogens (tertiary/aromatic N) is 1. The van der Waals surface area contributed by atoms with E-state index in [2.05, 4.69) is 0 Å². The number of benzene rings is 1. The normalized spacial score (nSPS) is 23.5. The summed E-state index contributed by atoms with van der Waals surface area (Å²) in [4.78, 5) is 13.3. The van der Waals surface area contributed by atoms with E-state index in [1.54, 1.807) is 26.0 Å². The Balaban J connectivity index is 2.10. The standard InChI is InChI=1S/C15H20FNO2/c1-12(2)19-14(18)17-10-6-9-15(16,11-17)13-7-4-3-5-8-13/h3-5,7-8,12H,6,9-11H2,1-2H3. The molecule has 0 N–H and O–H groups in total. The molecule has 0 aromatic heterocycles. The molecule has 1 heterocycles. The van der Waals surface area contributed by atoms with Gasteiger partial charge in [0.2, 0.25) is 0 Å². The molecule has 0 radical (unpaired) electrons. The minimum atomic E-state index is -1.46. The Labute approximate surface area is 113 Å². The maximum Gasteiger partial charge on any atom is 0.410 e. The van der Waals surface area contributed by atoms with Gasteiger partial charge in [-0.25, -0.2) is 9.18 Å². The number of carbonyl (C=O) groups is 1. The molecule has 1 saturated heterocycles. The summed E-state index contributed by atoms with van der Waals surface area (Å²) in [6.45, 7) is 4.22. The fourth-order valence-electron chi connectivity index (χ4n) is 2.42. The zero-order valence-electron chi connectivity index (χ0n) is 11.4. The first-order chi connectivity index (χ1) is 9.01. The molecule has 0 spiro atoms. The Morgan fingerprint density at radius 3 is 2.68 bits per heavy atom. The molecule has 1 aliphatic rings. The third-order valence-electron chi connectivity index (χ3n) is 3.33. The van der Waals surface area contributed by atoms with Gasteiger partial charge < -0.3 is 9.64 Å².